The van der Waals surface area contributed by atoms with Crippen LogP contribution in [0.25, 0.3) is 0 Å². The van der Waals surface area contributed by atoms with Gasteiger partial charge in [-0.05, 0) is 65.0 Å². The zero-order chi connectivity index (χ0) is 34.7. The molecular formula is C33H52N4O9S. The van der Waals surface area contributed by atoms with Crippen LogP contribution in [0.1, 0.15) is 91.4 Å². The number of alkyl carbamates (subject to hydrolysis) is 1. The average molecular weight is 681 g/mol. The number of benzene rings is 1. The molecule has 4 atom stereocenters. The van der Waals surface area contributed by atoms with E-state index in [0.717, 1.165) is 57.8 Å². The summed E-state index contributed by atoms with van der Waals surface area (Å²) < 4.78 is 44.5. The lowest BCUT2D eigenvalue weighted by atomic mass is 10.1. The first-order chi connectivity index (χ1) is 22.2. The van der Waals surface area contributed by atoms with Gasteiger partial charge in [-0.15, -0.1) is 6.58 Å². The fraction of sp³-hybridized carbons (Fsp3) is 0.667. The van der Waals surface area contributed by atoms with Gasteiger partial charge in [-0.3, -0.25) is 14.9 Å². The molecule has 5 N–H and O–H groups in total. The van der Waals surface area contributed by atoms with Crippen LogP contribution in [0.5, 0.6) is 0 Å². The van der Waals surface area contributed by atoms with Gasteiger partial charge >= 0.3 is 12.1 Å². The highest BCUT2D eigenvalue weighted by molar-refractivity contribution is 7.90. The number of rotatable bonds is 19. The number of hydrogen-bond acceptors (Lipinski definition) is 11. The van der Waals surface area contributed by atoms with Crippen LogP contribution in [0.2, 0.25) is 0 Å². The first-order valence-corrected chi connectivity index (χ1v) is 17.9. The van der Waals surface area contributed by atoms with Crippen LogP contribution >= 0.6 is 0 Å². The van der Waals surface area contributed by atoms with Crippen molar-refractivity contribution in [2.24, 2.45) is 5.92 Å². The third-order valence-electron chi connectivity index (χ3n) is 8.27. The number of esters is 1. The highest BCUT2D eigenvalue weighted by Crippen LogP contribution is 2.45. The smallest absolute Gasteiger partial charge is 0.408 e. The van der Waals surface area contributed by atoms with Gasteiger partial charge in [-0.2, -0.15) is 0 Å². The molecule has 14 heteroatoms. The molecular weight excluding hydrogens is 628 g/mol. The first kappa shape index (κ1) is 38.2. The van der Waals surface area contributed by atoms with Crippen molar-refractivity contribution in [2.75, 3.05) is 19.0 Å². The normalized spacial score (nSPS) is 20.9. The molecule has 2 aliphatic rings. The van der Waals surface area contributed by atoms with Gasteiger partial charge in [-0.25, -0.2) is 17.9 Å². The molecule has 0 bridgehead atoms. The van der Waals surface area contributed by atoms with Gasteiger partial charge < -0.3 is 30.0 Å². The summed E-state index contributed by atoms with van der Waals surface area (Å²) in [6.07, 6.45) is 8.24. The van der Waals surface area contributed by atoms with Crippen LogP contribution in [-0.4, -0.2) is 74.8 Å². The SMILES string of the molecule is C=C[C@@H]1C[C@]1(NC(=O)OC(C)(C)C)C(=O)NS(=O)(=O)c1ccccc1NCCCCCCC[C@H](NC(O)OC1CCCC1)C(=O)OC. The maximum Gasteiger partial charge on any atom is 0.408 e. The van der Waals surface area contributed by atoms with Gasteiger partial charge in [0, 0.05) is 12.5 Å². The minimum absolute atomic E-state index is 0.00305. The second-order valence-corrected chi connectivity index (χ2v) is 14.8. The summed E-state index contributed by atoms with van der Waals surface area (Å²) in [5, 5.41) is 18.8. The number of carbonyl (C=O) groups excluding carboxylic acids is 3. The average Bonchev–Trinajstić information content (AvgIpc) is 3.47. The van der Waals surface area contributed by atoms with Gasteiger partial charge in [0.2, 0.25) is 6.41 Å². The molecule has 0 radical (unpaired) electrons. The summed E-state index contributed by atoms with van der Waals surface area (Å²) in [6.45, 7) is 9.26. The molecule has 1 aromatic rings. The zero-order valence-corrected chi connectivity index (χ0v) is 28.8. The van der Waals surface area contributed by atoms with Crippen molar-refractivity contribution in [3.63, 3.8) is 0 Å². The number of para-hydroxylation sites is 1. The molecule has 2 fully saturated rings. The summed E-state index contributed by atoms with van der Waals surface area (Å²) in [7, 11) is -2.97. The van der Waals surface area contributed by atoms with E-state index < -0.39 is 57.5 Å². The molecule has 0 aliphatic heterocycles. The van der Waals surface area contributed by atoms with Crippen molar-refractivity contribution in [3.8, 4) is 0 Å². The largest absolute Gasteiger partial charge is 0.468 e. The van der Waals surface area contributed by atoms with Crippen molar-refractivity contribution < 1.29 is 42.1 Å². The summed E-state index contributed by atoms with van der Waals surface area (Å²) in [5.74, 6) is -1.74. The van der Waals surface area contributed by atoms with Crippen LogP contribution in [0.4, 0.5) is 10.5 Å². The van der Waals surface area contributed by atoms with Crippen molar-refractivity contribution in [3.05, 3.63) is 36.9 Å². The van der Waals surface area contributed by atoms with E-state index in [1.165, 1.54) is 19.3 Å². The van der Waals surface area contributed by atoms with Crippen LogP contribution < -0.4 is 20.7 Å². The second kappa shape index (κ2) is 17.3. The van der Waals surface area contributed by atoms with E-state index in [1.807, 2.05) is 0 Å². The Bertz CT molecular complexity index is 1330. The summed E-state index contributed by atoms with van der Waals surface area (Å²) in [5.41, 5.74) is -1.91. The maximum atomic E-state index is 13.3. The Balaban J connectivity index is 1.44. The molecule has 0 saturated heterocycles. The standard InChI is InChI=1S/C33H52N4O9S/c1-6-23-22-33(23,36-31(41)46-32(2,3)4)29(39)37-47(42,43)27-20-14-13-18-25(27)34-21-15-9-7-8-10-19-26(28(38)44-5)35-30(40)45-24-16-11-12-17-24/h6,13-14,18,20,23-24,26,30,34-35,40H,1,7-12,15-17,19,21-22H2,2-5H3,(H,36,41)(H,37,39)/t23-,26+,30?,33-/m1/s1. The Morgan fingerprint density at radius 1 is 1.09 bits per heavy atom. The Kier molecular flexibility index (Phi) is 14.1. The molecule has 0 aromatic heterocycles. The molecule has 1 aromatic carbocycles. The van der Waals surface area contributed by atoms with Crippen LogP contribution in [-0.2, 0) is 33.8 Å². The summed E-state index contributed by atoms with van der Waals surface area (Å²) >= 11 is 0. The number of amides is 2. The number of anilines is 1. The Hall–Kier alpha value is -3.20. The Morgan fingerprint density at radius 3 is 2.38 bits per heavy atom. The number of sulfonamides is 1. The lowest BCUT2D eigenvalue weighted by molar-refractivity contribution is -0.168. The molecule has 2 saturated carbocycles. The predicted octanol–water partition coefficient (Wildman–Crippen LogP) is 4.08. The number of hydrogen-bond donors (Lipinski definition) is 5. The topological polar surface area (TPSA) is 181 Å². The molecule has 2 amide bonds. The third kappa shape index (κ3) is 11.8. The summed E-state index contributed by atoms with van der Waals surface area (Å²) in [6, 6.07) is 5.64. The number of carbonyl (C=O) groups is 3. The number of aliphatic hydroxyl groups excluding tert-OH is 1. The van der Waals surface area contributed by atoms with Gasteiger partial charge in [0.1, 0.15) is 22.1 Å². The predicted molar refractivity (Wildman–Crippen MR) is 177 cm³/mol. The number of ether oxygens (including phenoxy) is 3. The van der Waals surface area contributed by atoms with Gasteiger partial charge in [0.05, 0.1) is 18.9 Å². The van der Waals surface area contributed by atoms with Crippen molar-refractivity contribution in [1.29, 1.82) is 0 Å². The number of nitrogens with one attached hydrogen (secondary N) is 4. The Morgan fingerprint density at radius 2 is 1.74 bits per heavy atom. The van der Waals surface area contributed by atoms with Gasteiger partial charge in [0.25, 0.3) is 15.9 Å². The third-order valence-corrected chi connectivity index (χ3v) is 9.66. The van der Waals surface area contributed by atoms with E-state index in [4.69, 9.17) is 14.2 Å². The van der Waals surface area contributed by atoms with E-state index in [2.05, 4.69) is 27.3 Å². The number of methoxy groups -OCH3 is 1. The van der Waals surface area contributed by atoms with Crippen molar-refractivity contribution >= 4 is 33.7 Å². The molecule has 0 heterocycles. The fourth-order valence-corrected chi connectivity index (χ4v) is 6.91. The lowest BCUT2D eigenvalue weighted by Gasteiger charge is -2.24. The first-order valence-electron chi connectivity index (χ1n) is 16.4. The zero-order valence-electron chi connectivity index (χ0n) is 28.0. The minimum atomic E-state index is -4.28. The molecule has 13 nitrogen and oxygen atoms in total. The monoisotopic (exact) mass is 680 g/mol. The number of aliphatic hydroxyl groups is 1. The molecule has 264 valence electrons. The van der Waals surface area contributed by atoms with Gasteiger partial charge in [0.15, 0.2) is 0 Å². The molecule has 3 rings (SSSR count). The molecule has 47 heavy (non-hydrogen) atoms. The van der Waals surface area contributed by atoms with E-state index in [1.54, 1.807) is 39.0 Å². The van der Waals surface area contributed by atoms with E-state index in [-0.39, 0.29) is 17.4 Å². The fourth-order valence-electron chi connectivity index (χ4n) is 5.69. The second-order valence-electron chi connectivity index (χ2n) is 13.2. The van der Waals surface area contributed by atoms with Crippen LogP contribution in [0.15, 0.2) is 41.8 Å². The van der Waals surface area contributed by atoms with Gasteiger partial charge in [-0.1, -0.05) is 56.7 Å². The van der Waals surface area contributed by atoms with E-state index >= 15 is 0 Å². The quantitative estimate of drug-likeness (QED) is 0.0615. The maximum absolute atomic E-state index is 13.3. The van der Waals surface area contributed by atoms with E-state index in [0.29, 0.717) is 18.7 Å². The van der Waals surface area contributed by atoms with Crippen molar-refractivity contribution in [1.82, 2.24) is 15.4 Å². The minimum Gasteiger partial charge on any atom is -0.468 e. The highest BCUT2D eigenvalue weighted by atomic mass is 32.2. The molecule has 1 unspecified atom stereocenters. The van der Waals surface area contributed by atoms with E-state index in [9.17, 15) is 27.9 Å². The van der Waals surface area contributed by atoms with Crippen LogP contribution in [0.3, 0.4) is 0 Å². The lowest BCUT2D eigenvalue weighted by Crippen LogP contribution is -2.52. The molecule has 2 aliphatic carbocycles. The van der Waals surface area contributed by atoms with Crippen molar-refractivity contribution in [2.45, 2.75) is 126 Å². The summed E-state index contributed by atoms with van der Waals surface area (Å²) in [4.78, 5) is 37.8. The number of unbranched alkanes of at least 4 members (excludes halogenated alkanes) is 4. The highest BCUT2D eigenvalue weighted by Gasteiger charge is 2.61. The van der Waals surface area contributed by atoms with Crippen LogP contribution in [0, 0.1) is 5.92 Å². The Labute approximate surface area is 278 Å². The molecule has 0 spiro atoms.